The first-order valence-corrected chi connectivity index (χ1v) is 6.01. The van der Waals surface area contributed by atoms with Gasteiger partial charge in [-0.15, -0.1) is 0 Å². The van der Waals surface area contributed by atoms with E-state index in [0.717, 1.165) is 12.1 Å². The number of hydrogen-bond acceptors (Lipinski definition) is 2. The van der Waals surface area contributed by atoms with Gasteiger partial charge >= 0.3 is 6.18 Å². The average molecular weight is 275 g/mol. The quantitative estimate of drug-likeness (QED) is 0.664. The van der Waals surface area contributed by atoms with Crippen molar-refractivity contribution < 1.29 is 22.4 Å². The van der Waals surface area contributed by atoms with Gasteiger partial charge in [-0.3, -0.25) is 4.79 Å². The molecule has 1 heterocycles. The predicted octanol–water partition coefficient (Wildman–Crippen LogP) is 3.03. The maximum atomic E-state index is 13.6. The van der Waals surface area contributed by atoms with Crippen molar-refractivity contribution in [2.45, 2.75) is 19.0 Å². The third-order valence-corrected chi connectivity index (χ3v) is 3.27. The molecule has 1 aromatic carbocycles. The van der Waals surface area contributed by atoms with Gasteiger partial charge in [-0.25, -0.2) is 4.39 Å². The molecule has 0 radical (unpaired) electrons. The SMILES string of the molecule is O=C(c1ccc(C(F)(F)F)cc1F)C1CCNCC1. The Labute approximate surface area is 107 Å². The fourth-order valence-corrected chi connectivity index (χ4v) is 2.20. The van der Waals surface area contributed by atoms with E-state index in [2.05, 4.69) is 5.32 Å². The molecule has 0 bridgehead atoms. The van der Waals surface area contributed by atoms with Gasteiger partial charge in [0.1, 0.15) is 5.82 Å². The average Bonchev–Trinajstić information content (AvgIpc) is 2.38. The van der Waals surface area contributed by atoms with E-state index in [4.69, 9.17) is 0 Å². The number of piperidine rings is 1. The van der Waals surface area contributed by atoms with Crippen LogP contribution in [0.1, 0.15) is 28.8 Å². The van der Waals surface area contributed by atoms with Crippen LogP contribution in [0, 0.1) is 11.7 Å². The Bertz CT molecular complexity index is 478. The maximum Gasteiger partial charge on any atom is 0.416 e. The summed E-state index contributed by atoms with van der Waals surface area (Å²) >= 11 is 0. The van der Waals surface area contributed by atoms with E-state index in [0.29, 0.717) is 32.0 Å². The van der Waals surface area contributed by atoms with E-state index in [9.17, 15) is 22.4 Å². The van der Waals surface area contributed by atoms with E-state index >= 15 is 0 Å². The molecule has 2 rings (SSSR count). The number of carbonyl (C=O) groups is 1. The zero-order valence-corrected chi connectivity index (χ0v) is 10.1. The van der Waals surface area contributed by atoms with Crippen molar-refractivity contribution in [2.24, 2.45) is 5.92 Å². The van der Waals surface area contributed by atoms with Gasteiger partial charge in [0.05, 0.1) is 11.1 Å². The van der Waals surface area contributed by atoms with Crippen molar-refractivity contribution in [3.8, 4) is 0 Å². The lowest BCUT2D eigenvalue weighted by Gasteiger charge is -2.21. The summed E-state index contributed by atoms with van der Waals surface area (Å²) in [6.45, 7) is 1.33. The van der Waals surface area contributed by atoms with Crippen LogP contribution < -0.4 is 5.32 Å². The van der Waals surface area contributed by atoms with Crippen LogP contribution in [0.2, 0.25) is 0 Å². The van der Waals surface area contributed by atoms with Gasteiger partial charge < -0.3 is 5.32 Å². The Morgan fingerprint density at radius 3 is 2.37 bits per heavy atom. The zero-order chi connectivity index (χ0) is 14.0. The highest BCUT2D eigenvalue weighted by Gasteiger charge is 2.32. The lowest BCUT2D eigenvalue weighted by molar-refractivity contribution is -0.137. The van der Waals surface area contributed by atoms with Gasteiger partial charge in [-0.1, -0.05) is 0 Å². The summed E-state index contributed by atoms with van der Waals surface area (Å²) in [6.07, 6.45) is -3.43. The molecule has 0 aromatic heterocycles. The van der Waals surface area contributed by atoms with E-state index in [-0.39, 0.29) is 11.5 Å². The van der Waals surface area contributed by atoms with E-state index in [1.165, 1.54) is 0 Å². The molecule has 1 fully saturated rings. The van der Waals surface area contributed by atoms with Crippen LogP contribution in [0.25, 0.3) is 0 Å². The fraction of sp³-hybridized carbons (Fsp3) is 0.462. The number of carbonyl (C=O) groups excluding carboxylic acids is 1. The number of rotatable bonds is 2. The van der Waals surface area contributed by atoms with Crippen LogP contribution in [-0.2, 0) is 6.18 Å². The van der Waals surface area contributed by atoms with Crippen molar-refractivity contribution in [1.82, 2.24) is 5.32 Å². The number of hydrogen-bond donors (Lipinski definition) is 1. The van der Waals surface area contributed by atoms with Crippen molar-refractivity contribution in [2.75, 3.05) is 13.1 Å². The second-order valence-corrected chi connectivity index (χ2v) is 4.58. The summed E-state index contributed by atoms with van der Waals surface area (Å²) in [7, 11) is 0. The van der Waals surface area contributed by atoms with Crippen LogP contribution in [0.3, 0.4) is 0 Å². The predicted molar refractivity (Wildman–Crippen MR) is 61.3 cm³/mol. The topological polar surface area (TPSA) is 29.1 Å². The minimum Gasteiger partial charge on any atom is -0.317 e. The van der Waals surface area contributed by atoms with Gasteiger partial charge in [-0.05, 0) is 44.1 Å². The monoisotopic (exact) mass is 275 g/mol. The Hall–Kier alpha value is -1.43. The second kappa shape index (κ2) is 5.28. The van der Waals surface area contributed by atoms with Crippen LogP contribution in [0.4, 0.5) is 17.6 Å². The molecule has 1 aliphatic heterocycles. The molecular formula is C13H13F4NO. The summed E-state index contributed by atoms with van der Waals surface area (Å²) < 4.78 is 50.8. The minimum absolute atomic E-state index is 0.250. The molecule has 2 nitrogen and oxygen atoms in total. The van der Waals surface area contributed by atoms with Gasteiger partial charge in [0, 0.05) is 5.92 Å². The first-order chi connectivity index (χ1) is 8.89. The third-order valence-electron chi connectivity index (χ3n) is 3.27. The molecule has 0 saturated carbocycles. The van der Waals surface area contributed by atoms with Gasteiger partial charge in [0.25, 0.3) is 0 Å². The molecule has 1 aliphatic rings. The van der Waals surface area contributed by atoms with E-state index in [1.54, 1.807) is 0 Å². The normalized spacial score (nSPS) is 17.5. The third kappa shape index (κ3) is 3.12. The summed E-state index contributed by atoms with van der Waals surface area (Å²) in [5.41, 5.74) is -1.33. The van der Waals surface area contributed by atoms with Crippen LogP contribution in [0.15, 0.2) is 18.2 Å². The number of ketones is 1. The highest BCUT2D eigenvalue weighted by molar-refractivity contribution is 5.98. The molecule has 1 N–H and O–H groups in total. The van der Waals surface area contributed by atoms with Crippen LogP contribution >= 0.6 is 0 Å². The number of halogens is 4. The molecule has 1 aromatic rings. The van der Waals surface area contributed by atoms with Crippen molar-refractivity contribution in [3.63, 3.8) is 0 Å². The lowest BCUT2D eigenvalue weighted by Crippen LogP contribution is -2.32. The largest absolute Gasteiger partial charge is 0.416 e. The Morgan fingerprint density at radius 1 is 1.21 bits per heavy atom. The van der Waals surface area contributed by atoms with Crippen LogP contribution in [0.5, 0.6) is 0 Å². The van der Waals surface area contributed by atoms with Crippen molar-refractivity contribution >= 4 is 5.78 Å². The smallest absolute Gasteiger partial charge is 0.317 e. The summed E-state index contributed by atoms with van der Waals surface area (Å²) in [5.74, 6) is -1.82. The van der Waals surface area contributed by atoms with E-state index < -0.39 is 23.3 Å². The first kappa shape index (κ1) is 14.0. The maximum absolute atomic E-state index is 13.6. The molecule has 0 unspecified atom stereocenters. The molecule has 6 heteroatoms. The highest BCUT2D eigenvalue weighted by Crippen LogP contribution is 2.31. The Balaban J connectivity index is 2.23. The molecule has 19 heavy (non-hydrogen) atoms. The number of alkyl halides is 3. The fourth-order valence-electron chi connectivity index (χ4n) is 2.20. The molecule has 0 atom stereocenters. The summed E-state index contributed by atoms with van der Waals surface area (Å²) in [4.78, 5) is 12.0. The molecule has 0 spiro atoms. The van der Waals surface area contributed by atoms with Gasteiger partial charge in [0.2, 0.25) is 0 Å². The minimum atomic E-state index is -4.60. The number of nitrogens with one attached hydrogen (secondary N) is 1. The number of Topliss-reactive ketones (excluding diaryl/α,β-unsaturated/α-hetero) is 1. The van der Waals surface area contributed by atoms with Crippen LogP contribution in [-0.4, -0.2) is 18.9 Å². The lowest BCUT2D eigenvalue weighted by atomic mass is 9.89. The summed E-state index contributed by atoms with van der Waals surface area (Å²) in [6, 6.07) is 2.06. The van der Waals surface area contributed by atoms with Gasteiger partial charge in [0.15, 0.2) is 5.78 Å². The van der Waals surface area contributed by atoms with Crippen molar-refractivity contribution in [1.29, 1.82) is 0 Å². The molecule has 0 amide bonds. The second-order valence-electron chi connectivity index (χ2n) is 4.58. The van der Waals surface area contributed by atoms with Gasteiger partial charge in [-0.2, -0.15) is 13.2 Å². The van der Waals surface area contributed by atoms with Crippen molar-refractivity contribution in [3.05, 3.63) is 35.1 Å². The zero-order valence-electron chi connectivity index (χ0n) is 10.1. The number of benzene rings is 1. The molecule has 1 saturated heterocycles. The summed E-state index contributed by atoms with van der Waals surface area (Å²) in [5, 5.41) is 3.07. The molecule has 104 valence electrons. The highest BCUT2D eigenvalue weighted by atomic mass is 19.4. The first-order valence-electron chi connectivity index (χ1n) is 6.01. The Kier molecular flexibility index (Phi) is 3.89. The standard InChI is InChI=1S/C13H13F4NO/c14-11-7-9(13(15,16)17)1-2-10(11)12(19)8-3-5-18-6-4-8/h1-2,7-8,18H,3-6H2. The Morgan fingerprint density at radius 2 is 1.84 bits per heavy atom. The molecular weight excluding hydrogens is 262 g/mol. The van der Waals surface area contributed by atoms with E-state index in [1.807, 2.05) is 0 Å². The molecule has 0 aliphatic carbocycles.